The molecular formula is C24H27FN4O. The van der Waals surface area contributed by atoms with Crippen LogP contribution in [0.5, 0.6) is 0 Å². The van der Waals surface area contributed by atoms with Gasteiger partial charge in [-0.2, -0.15) is 5.10 Å². The number of aryl methyl sites for hydroxylation is 1. The Bertz CT molecular complexity index is 1040. The number of amides is 1. The molecule has 1 amide bonds. The molecule has 2 aromatic carbocycles. The number of nitrogens with zero attached hydrogens (tertiary/aromatic N) is 3. The molecule has 5 nitrogen and oxygen atoms in total. The number of halogens is 1. The average Bonchev–Trinajstić information content (AvgIpc) is 3.32. The van der Waals surface area contributed by atoms with Crippen LogP contribution in [0.15, 0.2) is 48.5 Å². The molecule has 0 saturated carbocycles. The zero-order valence-electron chi connectivity index (χ0n) is 17.7. The first-order valence-corrected chi connectivity index (χ1v) is 10.3. The molecule has 1 aromatic heterocycles. The van der Waals surface area contributed by atoms with Gasteiger partial charge in [0.1, 0.15) is 5.82 Å². The molecule has 0 saturated heterocycles. The maximum Gasteiger partial charge on any atom is 0.272 e. The van der Waals surface area contributed by atoms with Crippen molar-refractivity contribution in [3.63, 3.8) is 0 Å². The number of nitrogens with one attached hydrogen (secondary N) is 1. The molecule has 1 atom stereocenters. The van der Waals surface area contributed by atoms with Crippen LogP contribution in [0.1, 0.15) is 45.3 Å². The lowest BCUT2D eigenvalue weighted by molar-refractivity contribution is 0.0935. The second kappa shape index (κ2) is 8.40. The summed E-state index contributed by atoms with van der Waals surface area (Å²) >= 11 is 0. The highest BCUT2D eigenvalue weighted by atomic mass is 19.1. The minimum absolute atomic E-state index is 0.0711. The molecule has 6 heteroatoms. The SMILES string of the molecule is Cc1ccc(C(CNC(=O)c2nn(-c3ccc(F)cc3)c3c2CCC3)N(C)C)cc1. The first kappa shape index (κ1) is 20.3. The Labute approximate surface area is 176 Å². The van der Waals surface area contributed by atoms with Crippen molar-refractivity contribution in [2.75, 3.05) is 20.6 Å². The smallest absolute Gasteiger partial charge is 0.272 e. The summed E-state index contributed by atoms with van der Waals surface area (Å²) in [6.45, 7) is 2.56. The summed E-state index contributed by atoms with van der Waals surface area (Å²) in [7, 11) is 4.02. The van der Waals surface area contributed by atoms with Gasteiger partial charge in [-0.3, -0.25) is 4.79 Å². The minimum atomic E-state index is -0.286. The van der Waals surface area contributed by atoms with Crippen molar-refractivity contribution in [1.29, 1.82) is 0 Å². The molecule has 156 valence electrons. The number of hydrogen-bond acceptors (Lipinski definition) is 3. The third-order valence-electron chi connectivity index (χ3n) is 5.76. The number of hydrogen-bond donors (Lipinski definition) is 1. The van der Waals surface area contributed by atoms with Crippen LogP contribution in [-0.4, -0.2) is 41.2 Å². The normalized spacial score (nSPS) is 14.0. The van der Waals surface area contributed by atoms with E-state index in [9.17, 15) is 9.18 Å². The average molecular weight is 407 g/mol. The third kappa shape index (κ3) is 4.00. The van der Waals surface area contributed by atoms with Crippen molar-refractivity contribution in [3.8, 4) is 5.69 Å². The highest BCUT2D eigenvalue weighted by Gasteiger charge is 2.27. The van der Waals surface area contributed by atoms with E-state index >= 15 is 0 Å². The summed E-state index contributed by atoms with van der Waals surface area (Å²) in [5.74, 6) is -0.445. The Morgan fingerprint density at radius 3 is 2.50 bits per heavy atom. The lowest BCUT2D eigenvalue weighted by Crippen LogP contribution is -2.35. The number of rotatable bonds is 6. The van der Waals surface area contributed by atoms with E-state index in [0.717, 1.165) is 41.8 Å². The fourth-order valence-corrected chi connectivity index (χ4v) is 4.08. The van der Waals surface area contributed by atoms with Gasteiger partial charge in [0.2, 0.25) is 0 Å². The molecule has 0 radical (unpaired) electrons. The standard InChI is InChI=1S/C24H27FN4O/c1-16-7-9-17(10-8-16)22(28(2)3)15-26-24(30)23-20-5-4-6-21(20)29(27-23)19-13-11-18(25)12-14-19/h7-14,22H,4-6,15H2,1-3H3,(H,26,30). The van der Waals surface area contributed by atoms with E-state index < -0.39 is 0 Å². The van der Waals surface area contributed by atoms with Crippen LogP contribution in [0.3, 0.4) is 0 Å². The molecule has 1 aliphatic carbocycles. The van der Waals surface area contributed by atoms with Crippen LogP contribution < -0.4 is 5.32 Å². The number of fused-ring (bicyclic) bond motifs is 1. The third-order valence-corrected chi connectivity index (χ3v) is 5.76. The van der Waals surface area contributed by atoms with Gasteiger partial charge in [-0.05, 0) is 70.1 Å². The van der Waals surface area contributed by atoms with Gasteiger partial charge in [0.25, 0.3) is 5.91 Å². The van der Waals surface area contributed by atoms with Crippen LogP contribution in [0.25, 0.3) is 5.69 Å². The Morgan fingerprint density at radius 2 is 1.83 bits per heavy atom. The quantitative estimate of drug-likeness (QED) is 0.677. The maximum atomic E-state index is 13.3. The predicted molar refractivity (Wildman–Crippen MR) is 115 cm³/mol. The van der Waals surface area contributed by atoms with Crippen LogP contribution in [-0.2, 0) is 12.8 Å². The predicted octanol–water partition coefficient (Wildman–Crippen LogP) is 3.84. The second-order valence-electron chi connectivity index (χ2n) is 8.12. The Balaban J connectivity index is 1.55. The van der Waals surface area contributed by atoms with Gasteiger partial charge in [-0.15, -0.1) is 0 Å². The number of benzene rings is 2. The van der Waals surface area contributed by atoms with Crippen LogP contribution >= 0.6 is 0 Å². The number of carbonyl (C=O) groups is 1. The molecule has 4 rings (SSSR count). The molecule has 0 spiro atoms. The monoisotopic (exact) mass is 406 g/mol. The zero-order valence-corrected chi connectivity index (χ0v) is 17.7. The largest absolute Gasteiger partial charge is 0.349 e. The summed E-state index contributed by atoms with van der Waals surface area (Å²) in [5.41, 5.74) is 5.69. The fraction of sp³-hybridized carbons (Fsp3) is 0.333. The van der Waals surface area contributed by atoms with Crippen LogP contribution in [0.4, 0.5) is 4.39 Å². The zero-order chi connectivity index (χ0) is 21.3. The lowest BCUT2D eigenvalue weighted by atomic mass is 10.0. The topological polar surface area (TPSA) is 50.2 Å². The first-order valence-electron chi connectivity index (χ1n) is 10.3. The molecule has 0 aliphatic heterocycles. The van der Waals surface area contributed by atoms with Gasteiger partial charge >= 0.3 is 0 Å². The number of aromatic nitrogens is 2. The van der Waals surface area contributed by atoms with Gasteiger partial charge in [-0.25, -0.2) is 9.07 Å². The summed E-state index contributed by atoms with van der Waals surface area (Å²) in [4.78, 5) is 15.2. The van der Waals surface area contributed by atoms with Crippen molar-refractivity contribution in [2.45, 2.75) is 32.2 Å². The van der Waals surface area contributed by atoms with Crippen molar-refractivity contribution in [2.24, 2.45) is 0 Å². The molecule has 0 fully saturated rings. The molecule has 1 N–H and O–H groups in total. The van der Waals surface area contributed by atoms with E-state index in [1.54, 1.807) is 16.8 Å². The Morgan fingerprint density at radius 1 is 1.13 bits per heavy atom. The number of carbonyl (C=O) groups excluding carboxylic acids is 1. The van der Waals surface area contributed by atoms with Gasteiger partial charge in [0.15, 0.2) is 5.69 Å². The highest BCUT2D eigenvalue weighted by molar-refractivity contribution is 5.94. The maximum absolute atomic E-state index is 13.3. The summed E-state index contributed by atoms with van der Waals surface area (Å²) < 4.78 is 15.1. The molecule has 0 bridgehead atoms. The highest BCUT2D eigenvalue weighted by Crippen LogP contribution is 2.28. The molecule has 3 aromatic rings. The van der Waals surface area contributed by atoms with E-state index in [2.05, 4.69) is 46.5 Å². The first-order chi connectivity index (χ1) is 14.4. The van der Waals surface area contributed by atoms with E-state index in [1.165, 1.54) is 17.7 Å². The molecule has 1 aliphatic rings. The molecule has 1 unspecified atom stereocenters. The number of likely N-dealkylation sites (N-methyl/N-ethyl adjacent to an activating group) is 1. The van der Waals surface area contributed by atoms with Crippen molar-refractivity contribution in [1.82, 2.24) is 20.0 Å². The molecule has 30 heavy (non-hydrogen) atoms. The summed E-state index contributed by atoms with van der Waals surface area (Å²) in [6.07, 6.45) is 2.71. The molecule has 1 heterocycles. The summed E-state index contributed by atoms with van der Waals surface area (Å²) in [6, 6.07) is 14.7. The van der Waals surface area contributed by atoms with E-state index in [4.69, 9.17) is 0 Å². The van der Waals surface area contributed by atoms with Crippen molar-refractivity contribution in [3.05, 3.63) is 82.4 Å². The van der Waals surface area contributed by atoms with Gasteiger partial charge in [-0.1, -0.05) is 29.8 Å². The minimum Gasteiger partial charge on any atom is -0.349 e. The van der Waals surface area contributed by atoms with Gasteiger partial charge in [0.05, 0.1) is 11.7 Å². The Kier molecular flexibility index (Phi) is 5.68. The second-order valence-corrected chi connectivity index (χ2v) is 8.12. The van der Waals surface area contributed by atoms with Crippen LogP contribution in [0.2, 0.25) is 0 Å². The Hall–Kier alpha value is -2.99. The van der Waals surface area contributed by atoms with Gasteiger partial charge < -0.3 is 10.2 Å². The summed E-state index contributed by atoms with van der Waals surface area (Å²) in [5, 5.41) is 7.69. The van der Waals surface area contributed by atoms with Crippen LogP contribution in [0, 0.1) is 12.7 Å². The van der Waals surface area contributed by atoms with E-state index in [0.29, 0.717) is 12.2 Å². The fourth-order valence-electron chi connectivity index (χ4n) is 4.08. The lowest BCUT2D eigenvalue weighted by Gasteiger charge is -2.25. The van der Waals surface area contributed by atoms with Gasteiger partial charge in [0, 0.05) is 17.8 Å². The van der Waals surface area contributed by atoms with E-state index in [1.807, 2.05) is 14.1 Å². The van der Waals surface area contributed by atoms with Crippen molar-refractivity contribution >= 4 is 5.91 Å². The molecular weight excluding hydrogens is 379 g/mol. The van der Waals surface area contributed by atoms with Crippen molar-refractivity contribution < 1.29 is 9.18 Å². The van der Waals surface area contributed by atoms with E-state index in [-0.39, 0.29) is 17.8 Å².